The predicted octanol–water partition coefficient (Wildman–Crippen LogP) is 7.43. The topological polar surface area (TPSA) is 108 Å². The second kappa shape index (κ2) is 13.2. The van der Waals surface area contributed by atoms with Gasteiger partial charge in [0.2, 0.25) is 11.6 Å². The van der Waals surface area contributed by atoms with Crippen molar-refractivity contribution in [2.75, 3.05) is 20.4 Å². The van der Waals surface area contributed by atoms with E-state index in [0.717, 1.165) is 23.9 Å². The summed E-state index contributed by atoms with van der Waals surface area (Å²) in [4.78, 5) is 44.0. The molecule has 1 saturated carbocycles. The number of nitrogens with zero attached hydrogens (tertiary/aromatic N) is 5. The number of halogens is 2. The van der Waals surface area contributed by atoms with Gasteiger partial charge in [-0.1, -0.05) is 37.5 Å². The third-order valence-corrected chi connectivity index (χ3v) is 10.8. The van der Waals surface area contributed by atoms with Gasteiger partial charge >= 0.3 is 12.1 Å². The Hall–Kier alpha value is -3.67. The first-order chi connectivity index (χ1) is 21.4. The Bertz CT molecular complexity index is 1600. The molecule has 246 valence electrons. The lowest BCUT2D eigenvalue weighted by Gasteiger charge is -2.37. The van der Waals surface area contributed by atoms with Crippen molar-refractivity contribution in [2.45, 2.75) is 75.7 Å². The van der Waals surface area contributed by atoms with Gasteiger partial charge in [-0.3, -0.25) is 14.8 Å². The number of esters is 1. The second-order valence-electron chi connectivity index (χ2n) is 13.7. The van der Waals surface area contributed by atoms with E-state index in [1.807, 2.05) is 0 Å². The van der Waals surface area contributed by atoms with Crippen LogP contribution in [0, 0.1) is 18.4 Å². The third kappa shape index (κ3) is 7.82. The Morgan fingerprint density at radius 1 is 1.24 bits per heavy atom. The number of pyridine rings is 2. The monoisotopic (exact) mass is 671 g/mol. The summed E-state index contributed by atoms with van der Waals surface area (Å²) in [6.07, 6.45) is 3.14. The zero-order chi connectivity index (χ0) is 34.1. The Morgan fingerprint density at radius 2 is 1.96 bits per heavy atom. The normalized spacial score (nSPS) is 22.7. The Labute approximate surface area is 273 Å². The van der Waals surface area contributed by atoms with E-state index < -0.39 is 53.7 Å². The minimum atomic E-state index is -1.44. The molecule has 4 rings (SSSR count). The standard InChI is InChI=1S/C32H39F2N5O5SSi/c1-30(2,3)44-29(41)39(19-43-12-13-46(7,8)9)28-38-31(4,25-16-32(25,45-28)27(40)42-6)22-14-20(17-37-26(22)34)15-23(33)24-11-10-21(35-5)18-36-24/h10-11,14-15,17-18,25H,12-13,16,19H2,1-4,6-9H3/b23-15-/t25-,31+,32-/m0/s1. The summed E-state index contributed by atoms with van der Waals surface area (Å²) in [5, 5.41) is 0.111. The quantitative estimate of drug-likeness (QED) is 0.0677. The summed E-state index contributed by atoms with van der Waals surface area (Å²) >= 11 is 1.07. The number of thioether (sulfide) groups is 1. The van der Waals surface area contributed by atoms with Crippen LogP contribution in [-0.2, 0) is 24.5 Å². The van der Waals surface area contributed by atoms with Crippen LogP contribution < -0.4 is 0 Å². The van der Waals surface area contributed by atoms with Crippen LogP contribution in [0.2, 0.25) is 25.7 Å². The first-order valence-corrected chi connectivity index (χ1v) is 19.3. The Morgan fingerprint density at radius 3 is 2.54 bits per heavy atom. The number of aliphatic imine (C=N–C) groups is 1. The van der Waals surface area contributed by atoms with Gasteiger partial charge in [0.05, 0.1) is 24.9 Å². The van der Waals surface area contributed by atoms with Crippen molar-refractivity contribution in [3.63, 3.8) is 0 Å². The molecule has 1 aliphatic heterocycles. The number of methoxy groups -OCH3 is 1. The molecule has 0 N–H and O–H groups in total. The molecular weight excluding hydrogens is 633 g/mol. The van der Waals surface area contributed by atoms with Gasteiger partial charge in [-0.2, -0.15) is 4.39 Å². The number of ether oxygens (including phenoxy) is 3. The number of aromatic nitrogens is 2. The highest BCUT2D eigenvalue weighted by Gasteiger charge is 2.72. The van der Waals surface area contributed by atoms with Gasteiger partial charge in [-0.15, -0.1) is 0 Å². The average Bonchev–Trinajstić information content (AvgIpc) is 3.73. The Kier molecular flexibility index (Phi) is 10.1. The SMILES string of the molecule is [C-]#[N+]c1ccc(/C(F)=C/c2cnc(F)c([C@@]3(C)N=C(N(COCC[Si](C)(C)C)C(=O)OC(C)(C)C)S[C@@]4(C(=O)OC)C[C@H]43)c2)nc1. The molecule has 0 saturated heterocycles. The number of amidine groups is 1. The molecule has 2 aromatic rings. The molecule has 3 heterocycles. The van der Waals surface area contributed by atoms with Crippen molar-refractivity contribution in [3.8, 4) is 0 Å². The van der Waals surface area contributed by atoms with E-state index in [2.05, 4.69) is 34.5 Å². The maximum atomic E-state index is 15.6. The lowest BCUT2D eigenvalue weighted by atomic mass is 9.86. The van der Waals surface area contributed by atoms with Gasteiger partial charge in [-0.05, 0) is 63.9 Å². The lowest BCUT2D eigenvalue weighted by Crippen LogP contribution is -2.47. The van der Waals surface area contributed by atoms with Crippen LogP contribution in [0.5, 0.6) is 0 Å². The zero-order valence-electron chi connectivity index (χ0n) is 27.3. The summed E-state index contributed by atoms with van der Waals surface area (Å²) in [5.74, 6) is -2.62. The predicted molar refractivity (Wildman–Crippen MR) is 176 cm³/mol. The van der Waals surface area contributed by atoms with Gasteiger partial charge < -0.3 is 14.2 Å². The Balaban J connectivity index is 1.77. The van der Waals surface area contributed by atoms with E-state index >= 15 is 8.78 Å². The highest BCUT2D eigenvalue weighted by Crippen LogP contribution is 2.67. The van der Waals surface area contributed by atoms with Crippen LogP contribution in [0.3, 0.4) is 0 Å². The fraction of sp³-hybridized carbons (Fsp3) is 0.500. The van der Waals surface area contributed by atoms with Crippen molar-refractivity contribution >= 4 is 54.7 Å². The van der Waals surface area contributed by atoms with Gasteiger partial charge in [-0.25, -0.2) is 23.9 Å². The number of rotatable bonds is 9. The minimum absolute atomic E-state index is 0.00658. The smallest absolute Gasteiger partial charge is 0.418 e. The highest BCUT2D eigenvalue weighted by atomic mass is 32.2. The number of amides is 1. The van der Waals surface area contributed by atoms with Crippen LogP contribution in [0.15, 0.2) is 35.6 Å². The van der Waals surface area contributed by atoms with E-state index in [-0.39, 0.29) is 40.8 Å². The average molecular weight is 672 g/mol. The summed E-state index contributed by atoms with van der Waals surface area (Å²) in [7, 11) is -0.165. The summed E-state index contributed by atoms with van der Waals surface area (Å²) in [5.41, 5.74) is -1.75. The van der Waals surface area contributed by atoms with Crippen LogP contribution in [0.25, 0.3) is 16.7 Å². The molecule has 0 spiro atoms. The first-order valence-electron chi connectivity index (χ1n) is 14.7. The van der Waals surface area contributed by atoms with E-state index in [0.29, 0.717) is 6.61 Å². The second-order valence-corrected chi connectivity index (χ2v) is 20.6. The lowest BCUT2D eigenvalue weighted by molar-refractivity contribution is -0.141. The maximum absolute atomic E-state index is 15.6. The van der Waals surface area contributed by atoms with E-state index in [1.54, 1.807) is 27.7 Å². The van der Waals surface area contributed by atoms with Crippen LogP contribution in [0.4, 0.5) is 19.3 Å². The van der Waals surface area contributed by atoms with Crippen molar-refractivity contribution < 1.29 is 32.6 Å². The van der Waals surface area contributed by atoms with Crippen molar-refractivity contribution in [2.24, 2.45) is 10.9 Å². The third-order valence-electron chi connectivity index (χ3n) is 7.60. The molecule has 2 aromatic heterocycles. The summed E-state index contributed by atoms with van der Waals surface area (Å²) in [6, 6.07) is 5.10. The van der Waals surface area contributed by atoms with Gasteiger partial charge in [0, 0.05) is 38.6 Å². The molecule has 0 radical (unpaired) electrons. The molecule has 0 bridgehead atoms. The number of fused-ring (bicyclic) bond motifs is 1. The minimum Gasteiger partial charge on any atom is -0.468 e. The number of carbonyl (C=O) groups excluding carboxylic acids is 2. The van der Waals surface area contributed by atoms with Gasteiger partial charge in [0.25, 0.3) is 0 Å². The summed E-state index contributed by atoms with van der Waals surface area (Å²) in [6.45, 7) is 20.8. The fourth-order valence-electron chi connectivity index (χ4n) is 5.02. The zero-order valence-corrected chi connectivity index (χ0v) is 29.1. The van der Waals surface area contributed by atoms with E-state index in [4.69, 9.17) is 25.8 Å². The first kappa shape index (κ1) is 35.2. The molecule has 0 unspecified atom stereocenters. The number of hydrogen-bond donors (Lipinski definition) is 0. The van der Waals surface area contributed by atoms with Crippen molar-refractivity contribution in [1.29, 1.82) is 0 Å². The molecular formula is C32H39F2N5O5SSi. The van der Waals surface area contributed by atoms with E-state index in [1.165, 1.54) is 42.6 Å². The maximum Gasteiger partial charge on any atom is 0.418 e. The molecule has 2 aliphatic rings. The van der Waals surface area contributed by atoms with Crippen LogP contribution >= 0.6 is 11.8 Å². The largest absolute Gasteiger partial charge is 0.468 e. The molecule has 1 aliphatic carbocycles. The van der Waals surface area contributed by atoms with Gasteiger partial charge in [0.1, 0.15) is 22.9 Å². The fourth-order valence-corrected chi connectivity index (χ4v) is 7.37. The van der Waals surface area contributed by atoms with Crippen LogP contribution in [-0.4, -0.2) is 71.0 Å². The molecule has 1 fully saturated rings. The molecule has 1 amide bonds. The molecule has 14 heteroatoms. The van der Waals surface area contributed by atoms with Crippen LogP contribution in [0.1, 0.15) is 50.9 Å². The van der Waals surface area contributed by atoms with Gasteiger partial charge in [0.15, 0.2) is 5.17 Å². The molecule has 3 atom stereocenters. The van der Waals surface area contributed by atoms with Crippen molar-refractivity contribution in [1.82, 2.24) is 14.9 Å². The molecule has 46 heavy (non-hydrogen) atoms. The molecule has 10 nitrogen and oxygen atoms in total. The van der Waals surface area contributed by atoms with E-state index in [9.17, 15) is 9.59 Å². The molecule has 0 aromatic carbocycles. The number of carbonyl (C=O) groups is 2. The highest BCUT2D eigenvalue weighted by molar-refractivity contribution is 8.15. The summed E-state index contributed by atoms with van der Waals surface area (Å²) < 4.78 is 46.4. The van der Waals surface area contributed by atoms with Crippen molar-refractivity contribution in [3.05, 3.63) is 64.8 Å². The number of hydrogen-bond acceptors (Lipinski definition) is 9.